The molecule has 1 N–H and O–H groups in total. The van der Waals surface area contributed by atoms with Crippen molar-refractivity contribution in [3.05, 3.63) is 57.3 Å². The molecule has 0 spiro atoms. The monoisotopic (exact) mass is 268 g/mol. The molecule has 0 saturated heterocycles. The molecule has 2 nitrogen and oxygen atoms in total. The molecule has 1 aromatic heterocycles. The molecule has 1 aromatic carbocycles. The average molecular weight is 268 g/mol. The highest BCUT2D eigenvalue weighted by Crippen LogP contribution is 2.22. The number of fused-ring (bicyclic) bond motifs is 1. The van der Waals surface area contributed by atoms with Gasteiger partial charge in [0.15, 0.2) is 0 Å². The number of nitrogens with zero attached hydrogens (tertiary/aromatic N) is 1. The van der Waals surface area contributed by atoms with Crippen LogP contribution in [0.3, 0.4) is 0 Å². The average Bonchev–Trinajstić information content (AvgIpc) is 2.93. The van der Waals surface area contributed by atoms with Crippen LogP contribution in [-0.2, 0) is 19.4 Å². The van der Waals surface area contributed by atoms with E-state index in [0.29, 0.717) is 6.04 Å². The Kier molecular flexibility index (Phi) is 3.63. The van der Waals surface area contributed by atoms with Gasteiger partial charge in [-0.3, -0.25) is 0 Å². The van der Waals surface area contributed by atoms with Crippen LogP contribution in [0, 0.1) is 11.3 Å². The third kappa shape index (κ3) is 2.86. The Hall–Kier alpha value is -1.63. The van der Waals surface area contributed by atoms with Crippen molar-refractivity contribution in [3.63, 3.8) is 0 Å². The lowest BCUT2D eigenvalue weighted by Gasteiger charge is -2.25. The zero-order valence-corrected chi connectivity index (χ0v) is 11.5. The number of rotatable bonds is 3. The number of benzene rings is 1. The number of thiophene rings is 1. The Bertz CT molecular complexity index is 609. The van der Waals surface area contributed by atoms with Crippen LogP contribution in [0.25, 0.3) is 0 Å². The fourth-order valence-corrected chi connectivity index (χ4v) is 3.41. The highest BCUT2D eigenvalue weighted by atomic mass is 32.1. The van der Waals surface area contributed by atoms with Crippen molar-refractivity contribution in [1.82, 2.24) is 5.32 Å². The topological polar surface area (TPSA) is 35.8 Å². The van der Waals surface area contributed by atoms with Crippen molar-refractivity contribution in [1.29, 1.82) is 5.26 Å². The van der Waals surface area contributed by atoms with Gasteiger partial charge >= 0.3 is 0 Å². The summed E-state index contributed by atoms with van der Waals surface area (Å²) >= 11 is 1.58. The molecule has 0 amide bonds. The molecule has 3 heteroatoms. The molecule has 1 aliphatic rings. The Balaban J connectivity index is 1.59. The fourth-order valence-electron chi connectivity index (χ4n) is 2.65. The normalized spacial score (nSPS) is 17.7. The van der Waals surface area contributed by atoms with Crippen LogP contribution in [0.5, 0.6) is 0 Å². The number of nitriles is 1. The van der Waals surface area contributed by atoms with Gasteiger partial charge in [0.2, 0.25) is 0 Å². The first-order valence-corrected chi connectivity index (χ1v) is 7.46. The summed E-state index contributed by atoms with van der Waals surface area (Å²) in [7, 11) is 0. The second-order valence-corrected chi connectivity index (χ2v) is 6.14. The third-order valence-corrected chi connectivity index (χ3v) is 4.67. The largest absolute Gasteiger partial charge is 0.309 e. The van der Waals surface area contributed by atoms with Crippen LogP contribution in [0.4, 0.5) is 0 Å². The Morgan fingerprint density at radius 1 is 1.21 bits per heavy atom. The van der Waals surface area contributed by atoms with Crippen molar-refractivity contribution in [2.75, 3.05) is 0 Å². The van der Waals surface area contributed by atoms with E-state index in [4.69, 9.17) is 5.26 Å². The first-order valence-electron chi connectivity index (χ1n) is 6.64. The van der Waals surface area contributed by atoms with Crippen LogP contribution in [0.1, 0.15) is 27.3 Å². The van der Waals surface area contributed by atoms with Gasteiger partial charge in [-0.05, 0) is 42.5 Å². The van der Waals surface area contributed by atoms with E-state index >= 15 is 0 Å². The first kappa shape index (κ1) is 12.4. The van der Waals surface area contributed by atoms with Crippen molar-refractivity contribution < 1.29 is 0 Å². The molecule has 0 bridgehead atoms. The van der Waals surface area contributed by atoms with E-state index in [1.807, 2.05) is 12.1 Å². The smallest absolute Gasteiger partial charge is 0.110 e. The summed E-state index contributed by atoms with van der Waals surface area (Å²) in [5.41, 5.74) is 2.98. The predicted octanol–water partition coefficient (Wildman–Crippen LogP) is 3.27. The minimum atomic E-state index is 0.558. The summed E-state index contributed by atoms with van der Waals surface area (Å²) < 4.78 is 0. The zero-order valence-electron chi connectivity index (χ0n) is 10.7. The minimum Gasteiger partial charge on any atom is -0.309 e. The van der Waals surface area contributed by atoms with Gasteiger partial charge in [0.05, 0.1) is 0 Å². The first-order chi connectivity index (χ1) is 9.35. The van der Waals surface area contributed by atoms with Crippen molar-refractivity contribution in [2.45, 2.75) is 31.8 Å². The summed E-state index contributed by atoms with van der Waals surface area (Å²) in [6.07, 6.45) is 3.49. The van der Waals surface area contributed by atoms with Crippen molar-refractivity contribution in [3.8, 4) is 6.07 Å². The van der Waals surface area contributed by atoms with Gasteiger partial charge in [0, 0.05) is 17.5 Å². The van der Waals surface area contributed by atoms with E-state index in [9.17, 15) is 0 Å². The number of hydrogen-bond donors (Lipinski definition) is 1. The van der Waals surface area contributed by atoms with Crippen LogP contribution in [0.15, 0.2) is 36.4 Å². The van der Waals surface area contributed by atoms with E-state index in [0.717, 1.165) is 17.8 Å². The minimum absolute atomic E-state index is 0.558. The number of aryl methyl sites for hydroxylation is 1. The standard InChI is InChI=1S/C16H16N2S/c17-10-15-7-8-16(19-15)11-18-14-6-5-12-3-1-2-4-13(12)9-14/h1-4,7-8,14,18H,5-6,9,11H2. The highest BCUT2D eigenvalue weighted by Gasteiger charge is 2.17. The van der Waals surface area contributed by atoms with Gasteiger partial charge < -0.3 is 5.32 Å². The van der Waals surface area contributed by atoms with Crippen molar-refractivity contribution in [2.24, 2.45) is 0 Å². The molecule has 0 fully saturated rings. The van der Waals surface area contributed by atoms with Gasteiger partial charge in [-0.25, -0.2) is 0 Å². The molecule has 0 aliphatic heterocycles. The molecular formula is C16H16N2S. The van der Waals surface area contributed by atoms with E-state index < -0.39 is 0 Å². The van der Waals surface area contributed by atoms with Gasteiger partial charge in [0.1, 0.15) is 10.9 Å². The van der Waals surface area contributed by atoms with Crippen molar-refractivity contribution >= 4 is 11.3 Å². The Morgan fingerprint density at radius 2 is 2.05 bits per heavy atom. The second kappa shape index (κ2) is 5.56. The lowest BCUT2D eigenvalue weighted by Crippen LogP contribution is -2.33. The molecule has 2 aromatic rings. The third-order valence-electron chi connectivity index (χ3n) is 3.68. The Labute approximate surface area is 117 Å². The molecule has 0 saturated carbocycles. The molecule has 19 heavy (non-hydrogen) atoms. The van der Waals surface area contributed by atoms with Gasteiger partial charge in [-0.1, -0.05) is 24.3 Å². The molecule has 1 aliphatic carbocycles. The Morgan fingerprint density at radius 3 is 2.84 bits per heavy atom. The van der Waals surface area contributed by atoms with Gasteiger partial charge in [-0.2, -0.15) is 5.26 Å². The molecule has 96 valence electrons. The summed E-state index contributed by atoms with van der Waals surface area (Å²) in [4.78, 5) is 2.04. The molecule has 1 atom stereocenters. The summed E-state index contributed by atoms with van der Waals surface area (Å²) in [5, 5.41) is 12.4. The summed E-state index contributed by atoms with van der Waals surface area (Å²) in [6.45, 7) is 0.874. The zero-order chi connectivity index (χ0) is 13.1. The second-order valence-electron chi connectivity index (χ2n) is 4.97. The maximum atomic E-state index is 8.82. The van der Waals surface area contributed by atoms with E-state index in [1.54, 1.807) is 11.3 Å². The van der Waals surface area contributed by atoms with E-state index in [-0.39, 0.29) is 0 Å². The highest BCUT2D eigenvalue weighted by molar-refractivity contribution is 7.12. The van der Waals surface area contributed by atoms with Crippen LogP contribution < -0.4 is 5.32 Å². The van der Waals surface area contributed by atoms with Crippen LogP contribution in [0.2, 0.25) is 0 Å². The molecule has 0 radical (unpaired) electrons. The molecule has 1 heterocycles. The van der Waals surface area contributed by atoms with Crippen LogP contribution >= 0.6 is 11.3 Å². The van der Waals surface area contributed by atoms with E-state index in [1.165, 1.54) is 28.8 Å². The molecular weight excluding hydrogens is 252 g/mol. The summed E-state index contributed by atoms with van der Waals surface area (Å²) in [5.74, 6) is 0. The molecule has 1 unspecified atom stereocenters. The maximum Gasteiger partial charge on any atom is 0.110 e. The molecule has 3 rings (SSSR count). The predicted molar refractivity (Wildman–Crippen MR) is 78.1 cm³/mol. The van der Waals surface area contributed by atoms with Crippen LogP contribution in [-0.4, -0.2) is 6.04 Å². The summed E-state index contributed by atoms with van der Waals surface area (Å²) in [6, 6.07) is 15.4. The lowest BCUT2D eigenvalue weighted by atomic mass is 9.88. The SMILES string of the molecule is N#Cc1ccc(CNC2CCc3ccccc3C2)s1. The van der Waals surface area contributed by atoms with Gasteiger partial charge in [0.25, 0.3) is 0 Å². The fraction of sp³-hybridized carbons (Fsp3) is 0.312. The maximum absolute atomic E-state index is 8.82. The number of nitrogens with one attached hydrogen (secondary N) is 1. The lowest BCUT2D eigenvalue weighted by molar-refractivity contribution is 0.459. The number of hydrogen-bond acceptors (Lipinski definition) is 3. The van der Waals surface area contributed by atoms with Gasteiger partial charge in [-0.15, -0.1) is 11.3 Å². The van der Waals surface area contributed by atoms with E-state index in [2.05, 4.69) is 35.7 Å². The quantitative estimate of drug-likeness (QED) is 0.927.